The second-order valence-corrected chi connectivity index (χ2v) is 7.37. The molecule has 0 spiro atoms. The highest BCUT2D eigenvalue weighted by Gasteiger charge is 2.20. The van der Waals surface area contributed by atoms with E-state index in [9.17, 15) is 9.18 Å². The standard InChI is InChI=1S/C20H23BrFN3O2/c21-19-3-2-17(22)14-18(19)20(26)25(15-16-4-6-23-7-5-16)9-1-8-24-10-12-27-13-11-24/h2-7,14H,1,8-13,15H2. The van der Waals surface area contributed by atoms with Crippen molar-refractivity contribution >= 4 is 21.8 Å². The number of morpholine rings is 1. The Labute approximate surface area is 167 Å². The summed E-state index contributed by atoms with van der Waals surface area (Å²) in [6.45, 7) is 5.34. The van der Waals surface area contributed by atoms with Crippen LogP contribution < -0.4 is 0 Å². The zero-order valence-corrected chi connectivity index (χ0v) is 16.7. The molecule has 1 saturated heterocycles. The highest BCUT2D eigenvalue weighted by molar-refractivity contribution is 9.10. The van der Waals surface area contributed by atoms with Crippen LogP contribution in [0.2, 0.25) is 0 Å². The maximum absolute atomic E-state index is 13.7. The zero-order valence-electron chi connectivity index (χ0n) is 15.1. The summed E-state index contributed by atoms with van der Waals surface area (Å²) in [6.07, 6.45) is 4.28. The third-order valence-corrected chi connectivity index (χ3v) is 5.27. The molecule has 0 unspecified atom stereocenters. The molecule has 1 aromatic heterocycles. The third-order valence-electron chi connectivity index (χ3n) is 4.57. The first-order valence-corrected chi connectivity index (χ1v) is 9.86. The molecule has 1 fully saturated rings. The van der Waals surface area contributed by atoms with E-state index in [0.717, 1.165) is 44.8 Å². The fourth-order valence-corrected chi connectivity index (χ4v) is 3.52. The highest BCUT2D eigenvalue weighted by atomic mass is 79.9. The van der Waals surface area contributed by atoms with E-state index in [1.165, 1.54) is 12.1 Å². The molecule has 144 valence electrons. The quantitative estimate of drug-likeness (QED) is 0.668. The third kappa shape index (κ3) is 5.82. The lowest BCUT2D eigenvalue weighted by atomic mass is 10.1. The van der Waals surface area contributed by atoms with E-state index in [-0.39, 0.29) is 5.91 Å². The van der Waals surface area contributed by atoms with Crippen LogP contribution in [0.4, 0.5) is 4.39 Å². The molecule has 0 bridgehead atoms. The van der Waals surface area contributed by atoms with Gasteiger partial charge in [-0.3, -0.25) is 14.7 Å². The van der Waals surface area contributed by atoms with Crippen LogP contribution in [0.3, 0.4) is 0 Å². The molecule has 1 aliphatic heterocycles. The number of halogens is 2. The first kappa shape index (κ1) is 19.9. The van der Waals surface area contributed by atoms with Crippen molar-refractivity contribution in [1.29, 1.82) is 0 Å². The number of amides is 1. The molecule has 1 aromatic carbocycles. The minimum Gasteiger partial charge on any atom is -0.379 e. The van der Waals surface area contributed by atoms with Crippen LogP contribution in [0.5, 0.6) is 0 Å². The van der Waals surface area contributed by atoms with Crippen molar-refractivity contribution in [3.05, 3.63) is 64.1 Å². The van der Waals surface area contributed by atoms with Crippen molar-refractivity contribution in [2.45, 2.75) is 13.0 Å². The van der Waals surface area contributed by atoms with Crippen LogP contribution in [0.15, 0.2) is 47.2 Å². The van der Waals surface area contributed by atoms with Gasteiger partial charge in [-0.25, -0.2) is 4.39 Å². The Kier molecular flexibility index (Phi) is 7.32. The molecule has 0 aliphatic carbocycles. The molecule has 7 heteroatoms. The number of hydrogen-bond donors (Lipinski definition) is 0. The van der Waals surface area contributed by atoms with E-state index in [4.69, 9.17) is 4.74 Å². The van der Waals surface area contributed by atoms with Crippen LogP contribution in [-0.4, -0.2) is 60.1 Å². The number of pyridine rings is 1. The molecule has 3 rings (SSSR count). The van der Waals surface area contributed by atoms with Crippen molar-refractivity contribution in [3.8, 4) is 0 Å². The van der Waals surface area contributed by atoms with E-state index in [1.54, 1.807) is 23.4 Å². The Morgan fingerprint density at radius 1 is 1.22 bits per heavy atom. The summed E-state index contributed by atoms with van der Waals surface area (Å²) >= 11 is 3.37. The molecule has 2 aromatic rings. The minimum absolute atomic E-state index is 0.180. The Morgan fingerprint density at radius 2 is 1.96 bits per heavy atom. The van der Waals surface area contributed by atoms with Gasteiger partial charge in [0.1, 0.15) is 5.82 Å². The van der Waals surface area contributed by atoms with Crippen molar-refractivity contribution in [3.63, 3.8) is 0 Å². The summed E-state index contributed by atoms with van der Waals surface area (Å²) in [5, 5.41) is 0. The summed E-state index contributed by atoms with van der Waals surface area (Å²) in [7, 11) is 0. The highest BCUT2D eigenvalue weighted by Crippen LogP contribution is 2.21. The van der Waals surface area contributed by atoms with Gasteiger partial charge in [0.15, 0.2) is 0 Å². The maximum Gasteiger partial charge on any atom is 0.255 e. The summed E-state index contributed by atoms with van der Waals surface area (Å²) < 4.78 is 19.6. The number of nitrogens with zero attached hydrogens (tertiary/aromatic N) is 3. The number of carbonyl (C=O) groups excluding carboxylic acids is 1. The largest absolute Gasteiger partial charge is 0.379 e. The molecule has 0 saturated carbocycles. The SMILES string of the molecule is O=C(c1cc(F)ccc1Br)N(CCCN1CCOCC1)Cc1ccncc1. The van der Waals surface area contributed by atoms with Crippen LogP contribution in [0.1, 0.15) is 22.3 Å². The number of aromatic nitrogens is 1. The van der Waals surface area contributed by atoms with Gasteiger partial charge in [0.25, 0.3) is 5.91 Å². The lowest BCUT2D eigenvalue weighted by molar-refractivity contribution is 0.0355. The van der Waals surface area contributed by atoms with E-state index >= 15 is 0 Å². The molecule has 1 amide bonds. The molecule has 0 radical (unpaired) electrons. The molecular weight excluding hydrogens is 413 g/mol. The minimum atomic E-state index is -0.418. The van der Waals surface area contributed by atoms with Crippen LogP contribution >= 0.6 is 15.9 Å². The van der Waals surface area contributed by atoms with Crippen LogP contribution in [0.25, 0.3) is 0 Å². The Hall–Kier alpha value is -1.83. The van der Waals surface area contributed by atoms with E-state index in [1.807, 2.05) is 12.1 Å². The zero-order chi connectivity index (χ0) is 19.1. The number of benzene rings is 1. The number of ether oxygens (including phenoxy) is 1. The average Bonchev–Trinajstić information content (AvgIpc) is 2.70. The van der Waals surface area contributed by atoms with Gasteiger partial charge >= 0.3 is 0 Å². The normalized spacial score (nSPS) is 14.9. The predicted octanol–water partition coefficient (Wildman–Crippen LogP) is 3.35. The van der Waals surface area contributed by atoms with Gasteiger partial charge in [0.2, 0.25) is 0 Å². The predicted molar refractivity (Wildman–Crippen MR) is 105 cm³/mol. The van der Waals surface area contributed by atoms with Gasteiger partial charge in [0.05, 0.1) is 18.8 Å². The lowest BCUT2D eigenvalue weighted by Gasteiger charge is -2.28. The monoisotopic (exact) mass is 435 g/mol. The smallest absolute Gasteiger partial charge is 0.255 e. The van der Waals surface area contributed by atoms with Crippen LogP contribution in [0, 0.1) is 5.82 Å². The Morgan fingerprint density at radius 3 is 2.70 bits per heavy atom. The summed E-state index contributed by atoms with van der Waals surface area (Å²) in [5.41, 5.74) is 1.34. The summed E-state index contributed by atoms with van der Waals surface area (Å²) in [6, 6.07) is 7.98. The van der Waals surface area contributed by atoms with Crippen LogP contribution in [-0.2, 0) is 11.3 Å². The molecule has 0 N–H and O–H groups in total. The first-order valence-electron chi connectivity index (χ1n) is 9.07. The van der Waals surface area contributed by atoms with Crippen molar-refractivity contribution in [1.82, 2.24) is 14.8 Å². The van der Waals surface area contributed by atoms with E-state index < -0.39 is 5.82 Å². The van der Waals surface area contributed by atoms with Gasteiger partial charge in [-0.2, -0.15) is 0 Å². The lowest BCUT2D eigenvalue weighted by Crippen LogP contribution is -2.39. The topological polar surface area (TPSA) is 45.7 Å². The first-order chi connectivity index (χ1) is 13.1. The fourth-order valence-electron chi connectivity index (χ4n) is 3.10. The van der Waals surface area contributed by atoms with Gasteiger partial charge in [-0.1, -0.05) is 0 Å². The number of hydrogen-bond acceptors (Lipinski definition) is 4. The van der Waals surface area contributed by atoms with Gasteiger partial charge in [0, 0.05) is 49.6 Å². The second-order valence-electron chi connectivity index (χ2n) is 6.51. The van der Waals surface area contributed by atoms with Crippen molar-refractivity contribution in [2.24, 2.45) is 0 Å². The molecule has 1 aliphatic rings. The molecule has 2 heterocycles. The summed E-state index contributed by atoms with van der Waals surface area (Å²) in [5.74, 6) is -0.598. The number of rotatable bonds is 7. The van der Waals surface area contributed by atoms with Gasteiger partial charge < -0.3 is 9.64 Å². The summed E-state index contributed by atoms with van der Waals surface area (Å²) in [4.78, 5) is 21.2. The molecular formula is C20H23BrFN3O2. The molecule has 0 atom stereocenters. The molecule has 5 nitrogen and oxygen atoms in total. The number of carbonyl (C=O) groups is 1. The molecule has 27 heavy (non-hydrogen) atoms. The average molecular weight is 436 g/mol. The van der Waals surface area contributed by atoms with E-state index in [2.05, 4.69) is 25.8 Å². The fraction of sp³-hybridized carbons (Fsp3) is 0.400. The van der Waals surface area contributed by atoms with E-state index in [0.29, 0.717) is 23.1 Å². The van der Waals surface area contributed by atoms with Gasteiger partial charge in [-0.05, 0) is 58.2 Å². The Bertz CT molecular complexity index is 754. The Balaban J connectivity index is 1.70. The van der Waals surface area contributed by atoms with Crippen molar-refractivity contribution in [2.75, 3.05) is 39.4 Å². The second kappa shape index (κ2) is 9.92. The van der Waals surface area contributed by atoms with Gasteiger partial charge in [-0.15, -0.1) is 0 Å². The van der Waals surface area contributed by atoms with Crippen molar-refractivity contribution < 1.29 is 13.9 Å². The maximum atomic E-state index is 13.7.